The summed E-state index contributed by atoms with van der Waals surface area (Å²) in [5.74, 6) is 0.845. The lowest BCUT2D eigenvalue weighted by atomic mass is 10.0. The van der Waals surface area contributed by atoms with E-state index in [2.05, 4.69) is 110 Å². The minimum atomic E-state index is 0.808. The van der Waals surface area contributed by atoms with Gasteiger partial charge in [0.2, 0.25) is 5.88 Å². The van der Waals surface area contributed by atoms with Crippen LogP contribution in [0.1, 0.15) is 37.7 Å². The second-order valence-corrected chi connectivity index (χ2v) is 10.5. The molecule has 0 atom stereocenters. The Morgan fingerprint density at radius 3 is 2.47 bits per heavy atom. The van der Waals surface area contributed by atoms with E-state index in [1.54, 1.807) is 0 Å². The number of hydrogen-bond donors (Lipinski definition) is 0. The molecule has 176 valence electrons. The SMILES string of the molecule is Ic1ccc(-c2cc(N(CCCN3CCCCCC3)Cc3cccc4ccccc34)on2)cc1. The summed E-state index contributed by atoms with van der Waals surface area (Å²) in [4.78, 5) is 5.00. The molecule has 0 radical (unpaired) electrons. The maximum atomic E-state index is 5.92. The van der Waals surface area contributed by atoms with E-state index in [0.717, 1.165) is 43.2 Å². The number of anilines is 1. The Morgan fingerprint density at radius 2 is 1.65 bits per heavy atom. The van der Waals surface area contributed by atoms with Gasteiger partial charge in [0, 0.05) is 28.3 Å². The van der Waals surface area contributed by atoms with Crippen molar-refractivity contribution in [2.75, 3.05) is 31.1 Å². The maximum absolute atomic E-state index is 5.92. The smallest absolute Gasteiger partial charge is 0.228 e. The number of fused-ring (bicyclic) bond motifs is 1. The van der Waals surface area contributed by atoms with Crippen molar-refractivity contribution >= 4 is 39.2 Å². The molecule has 0 aliphatic carbocycles. The molecule has 1 aliphatic rings. The van der Waals surface area contributed by atoms with Crippen LogP contribution in [0.3, 0.4) is 0 Å². The summed E-state index contributed by atoms with van der Waals surface area (Å²) >= 11 is 2.33. The van der Waals surface area contributed by atoms with E-state index in [4.69, 9.17) is 4.52 Å². The van der Waals surface area contributed by atoms with Gasteiger partial charge < -0.3 is 14.3 Å². The molecule has 4 nitrogen and oxygen atoms in total. The number of rotatable bonds is 8. The first kappa shape index (κ1) is 23.4. The van der Waals surface area contributed by atoms with Crippen molar-refractivity contribution in [2.24, 2.45) is 0 Å². The van der Waals surface area contributed by atoms with Crippen LogP contribution in [0.5, 0.6) is 0 Å². The summed E-state index contributed by atoms with van der Waals surface area (Å²) in [5.41, 5.74) is 3.30. The molecule has 1 aromatic heterocycles. The highest BCUT2D eigenvalue weighted by molar-refractivity contribution is 14.1. The van der Waals surface area contributed by atoms with Crippen molar-refractivity contribution in [1.29, 1.82) is 0 Å². The molecule has 0 saturated carbocycles. The van der Waals surface area contributed by atoms with Gasteiger partial charge in [0.05, 0.1) is 0 Å². The predicted octanol–water partition coefficient (Wildman–Crippen LogP) is 7.37. The van der Waals surface area contributed by atoms with Crippen molar-refractivity contribution in [3.63, 3.8) is 0 Å². The van der Waals surface area contributed by atoms with E-state index in [1.165, 1.54) is 58.7 Å². The average molecular weight is 565 g/mol. The Hall–Kier alpha value is -2.38. The molecule has 0 spiro atoms. The number of halogens is 1. The van der Waals surface area contributed by atoms with Gasteiger partial charge in [0.15, 0.2) is 0 Å². The Morgan fingerprint density at radius 1 is 0.882 bits per heavy atom. The van der Waals surface area contributed by atoms with Crippen LogP contribution in [0.25, 0.3) is 22.0 Å². The molecule has 1 saturated heterocycles. The minimum absolute atomic E-state index is 0.808. The molecule has 4 aromatic rings. The highest BCUT2D eigenvalue weighted by Crippen LogP contribution is 2.28. The monoisotopic (exact) mass is 565 g/mol. The molecular formula is C29H32IN3O. The Kier molecular flexibility index (Phi) is 7.81. The summed E-state index contributed by atoms with van der Waals surface area (Å²) in [7, 11) is 0. The van der Waals surface area contributed by atoms with Crippen molar-refractivity contribution < 1.29 is 4.52 Å². The standard InChI is InChI=1S/C29H32IN3O/c30-26-15-13-24(14-16-26)28-21-29(34-31-28)33(20-8-19-32-17-5-1-2-6-18-32)22-25-11-7-10-23-9-3-4-12-27(23)25/h3-4,7,9-16,21H,1-2,5-6,8,17-20,22H2. The summed E-state index contributed by atoms with van der Waals surface area (Å²) in [6.45, 7) is 5.37. The zero-order chi connectivity index (χ0) is 23.2. The minimum Gasteiger partial charge on any atom is -0.338 e. The highest BCUT2D eigenvalue weighted by Gasteiger charge is 2.17. The molecule has 34 heavy (non-hydrogen) atoms. The molecule has 1 aliphatic heterocycles. The van der Waals surface area contributed by atoms with Crippen LogP contribution < -0.4 is 4.90 Å². The third-order valence-corrected chi connectivity index (χ3v) is 7.51. The molecule has 0 bridgehead atoms. The van der Waals surface area contributed by atoms with Crippen LogP contribution in [-0.4, -0.2) is 36.2 Å². The highest BCUT2D eigenvalue weighted by atomic mass is 127. The van der Waals surface area contributed by atoms with E-state index in [0.29, 0.717) is 0 Å². The van der Waals surface area contributed by atoms with Gasteiger partial charge in [0.25, 0.3) is 0 Å². The van der Waals surface area contributed by atoms with Gasteiger partial charge in [-0.25, -0.2) is 0 Å². The van der Waals surface area contributed by atoms with E-state index < -0.39 is 0 Å². The second kappa shape index (κ2) is 11.4. The van der Waals surface area contributed by atoms with Crippen molar-refractivity contribution in [1.82, 2.24) is 10.1 Å². The summed E-state index contributed by atoms with van der Waals surface area (Å²) in [5, 5.41) is 7.01. The first-order valence-corrected chi connectivity index (χ1v) is 13.5. The van der Waals surface area contributed by atoms with Gasteiger partial charge >= 0.3 is 0 Å². The number of nitrogens with zero attached hydrogens (tertiary/aromatic N) is 3. The van der Waals surface area contributed by atoms with Crippen LogP contribution >= 0.6 is 22.6 Å². The zero-order valence-electron chi connectivity index (χ0n) is 19.6. The van der Waals surface area contributed by atoms with E-state index in [-0.39, 0.29) is 0 Å². The normalized spacial score (nSPS) is 14.9. The fourth-order valence-corrected chi connectivity index (χ4v) is 5.28. The average Bonchev–Trinajstić information content (AvgIpc) is 3.21. The van der Waals surface area contributed by atoms with Crippen LogP contribution in [0.2, 0.25) is 0 Å². The van der Waals surface area contributed by atoms with Crippen LogP contribution in [0.4, 0.5) is 5.88 Å². The van der Waals surface area contributed by atoms with E-state index >= 15 is 0 Å². The lowest BCUT2D eigenvalue weighted by molar-refractivity contribution is 0.281. The van der Waals surface area contributed by atoms with Gasteiger partial charge in [-0.15, -0.1) is 0 Å². The predicted molar refractivity (Wildman–Crippen MR) is 149 cm³/mol. The molecule has 2 heterocycles. The zero-order valence-corrected chi connectivity index (χ0v) is 21.8. The number of likely N-dealkylation sites (tertiary alicyclic amines) is 1. The summed E-state index contributed by atoms with van der Waals surface area (Å²) < 4.78 is 7.14. The van der Waals surface area contributed by atoms with Crippen molar-refractivity contribution in [3.05, 3.63) is 81.9 Å². The van der Waals surface area contributed by atoms with Gasteiger partial charge in [-0.3, -0.25) is 0 Å². The van der Waals surface area contributed by atoms with Gasteiger partial charge in [-0.2, -0.15) is 0 Å². The Labute approximate surface area is 216 Å². The third-order valence-electron chi connectivity index (χ3n) is 6.79. The largest absolute Gasteiger partial charge is 0.338 e. The van der Waals surface area contributed by atoms with E-state index in [1.807, 2.05) is 0 Å². The van der Waals surface area contributed by atoms with Crippen molar-refractivity contribution in [2.45, 2.75) is 38.6 Å². The Bertz CT molecular complexity index is 1190. The second-order valence-electron chi connectivity index (χ2n) is 9.23. The first-order valence-electron chi connectivity index (χ1n) is 12.4. The van der Waals surface area contributed by atoms with Gasteiger partial charge in [-0.1, -0.05) is 72.6 Å². The van der Waals surface area contributed by atoms with Gasteiger partial charge in [-0.05, 0) is 90.0 Å². The molecular weight excluding hydrogens is 533 g/mol. The van der Waals surface area contributed by atoms with Crippen LogP contribution in [0, 0.1) is 3.57 Å². The van der Waals surface area contributed by atoms with Crippen LogP contribution in [-0.2, 0) is 6.54 Å². The molecule has 1 fully saturated rings. The first-order chi connectivity index (χ1) is 16.8. The molecule has 5 heteroatoms. The molecule has 5 rings (SSSR count). The fraction of sp³-hybridized carbons (Fsp3) is 0.345. The number of hydrogen-bond acceptors (Lipinski definition) is 4. The number of benzene rings is 3. The molecule has 0 unspecified atom stereocenters. The van der Waals surface area contributed by atoms with Gasteiger partial charge in [0.1, 0.15) is 5.69 Å². The topological polar surface area (TPSA) is 32.5 Å². The van der Waals surface area contributed by atoms with Crippen LogP contribution in [0.15, 0.2) is 77.3 Å². The summed E-state index contributed by atoms with van der Waals surface area (Å²) in [6, 6.07) is 25.8. The molecule has 0 N–H and O–H groups in total. The fourth-order valence-electron chi connectivity index (χ4n) is 4.92. The summed E-state index contributed by atoms with van der Waals surface area (Å²) in [6.07, 6.45) is 6.54. The van der Waals surface area contributed by atoms with E-state index in [9.17, 15) is 0 Å². The Balaban J connectivity index is 1.36. The molecule has 0 amide bonds. The quantitative estimate of drug-likeness (QED) is 0.209. The lowest BCUT2D eigenvalue weighted by Gasteiger charge is -2.25. The molecule has 3 aromatic carbocycles. The number of aromatic nitrogens is 1. The third kappa shape index (κ3) is 5.81. The van der Waals surface area contributed by atoms with Crippen molar-refractivity contribution in [3.8, 4) is 11.3 Å². The lowest BCUT2D eigenvalue weighted by Crippen LogP contribution is -2.30. The maximum Gasteiger partial charge on any atom is 0.228 e.